The highest BCUT2D eigenvalue weighted by Crippen LogP contribution is 2.41. The van der Waals surface area contributed by atoms with Gasteiger partial charge in [-0.15, -0.1) is 0 Å². The Morgan fingerprint density at radius 1 is 1.19 bits per heavy atom. The molecular weight excluding hydrogens is 210 g/mol. The van der Waals surface area contributed by atoms with Gasteiger partial charge in [0.05, 0.1) is 0 Å². The van der Waals surface area contributed by atoms with E-state index in [0.29, 0.717) is 12.8 Å². The zero-order chi connectivity index (χ0) is 11.9. The van der Waals surface area contributed by atoms with Crippen molar-refractivity contribution in [2.75, 3.05) is 14.1 Å². The molecule has 6 nitrogen and oxygen atoms in total. The second kappa shape index (κ2) is 3.55. The minimum absolute atomic E-state index is 0.385. The first-order valence-electron chi connectivity index (χ1n) is 5.36. The van der Waals surface area contributed by atoms with Crippen LogP contribution in [0.15, 0.2) is 0 Å². The van der Waals surface area contributed by atoms with Crippen LogP contribution < -0.4 is 5.32 Å². The number of amides is 4. The molecule has 0 aromatic rings. The molecule has 1 saturated carbocycles. The first-order chi connectivity index (χ1) is 7.49. The van der Waals surface area contributed by atoms with Crippen molar-refractivity contribution in [1.29, 1.82) is 0 Å². The van der Waals surface area contributed by atoms with E-state index in [1.165, 1.54) is 5.01 Å². The van der Waals surface area contributed by atoms with Crippen LogP contribution in [-0.4, -0.2) is 42.0 Å². The van der Waals surface area contributed by atoms with E-state index in [0.717, 1.165) is 17.9 Å². The maximum absolute atomic E-state index is 12.2. The van der Waals surface area contributed by atoms with Gasteiger partial charge in [0, 0.05) is 14.1 Å². The normalized spacial score (nSPS) is 24.4. The lowest BCUT2D eigenvalue weighted by Gasteiger charge is -2.39. The van der Waals surface area contributed by atoms with Crippen molar-refractivity contribution in [2.45, 2.75) is 25.7 Å². The summed E-state index contributed by atoms with van der Waals surface area (Å²) in [5.41, 5.74) is -1.00. The number of rotatable bonds is 1. The number of barbiturate groups is 1. The number of urea groups is 1. The van der Waals surface area contributed by atoms with Gasteiger partial charge in [-0.1, -0.05) is 12.8 Å². The first kappa shape index (κ1) is 11.1. The van der Waals surface area contributed by atoms with Gasteiger partial charge in [0.2, 0.25) is 5.91 Å². The molecule has 1 spiro atoms. The van der Waals surface area contributed by atoms with Crippen molar-refractivity contribution in [3.63, 3.8) is 0 Å². The van der Waals surface area contributed by atoms with Crippen LogP contribution in [0.1, 0.15) is 25.7 Å². The number of carbonyl (C=O) groups is 3. The molecule has 0 atom stereocenters. The quantitative estimate of drug-likeness (QED) is 0.643. The summed E-state index contributed by atoms with van der Waals surface area (Å²) in [6, 6.07) is -0.655. The Hall–Kier alpha value is -1.43. The molecule has 0 aromatic heterocycles. The van der Waals surface area contributed by atoms with Crippen LogP contribution in [-0.2, 0) is 9.59 Å². The van der Waals surface area contributed by atoms with Crippen molar-refractivity contribution >= 4 is 17.8 Å². The molecule has 0 radical (unpaired) electrons. The van der Waals surface area contributed by atoms with E-state index in [2.05, 4.69) is 5.32 Å². The SMILES string of the molecule is CN(C)N1C(=O)NC(=O)C2(CCCC2)C1=O. The summed E-state index contributed by atoms with van der Waals surface area (Å²) >= 11 is 0. The Morgan fingerprint density at radius 2 is 1.75 bits per heavy atom. The topological polar surface area (TPSA) is 69.7 Å². The third-order valence-corrected chi connectivity index (χ3v) is 3.31. The van der Waals surface area contributed by atoms with E-state index >= 15 is 0 Å². The maximum Gasteiger partial charge on any atom is 0.345 e. The molecule has 1 aliphatic heterocycles. The monoisotopic (exact) mass is 225 g/mol. The highest BCUT2D eigenvalue weighted by Gasteiger charge is 2.55. The Morgan fingerprint density at radius 3 is 2.25 bits per heavy atom. The van der Waals surface area contributed by atoms with Gasteiger partial charge in [0.1, 0.15) is 5.41 Å². The lowest BCUT2D eigenvalue weighted by molar-refractivity contribution is -0.159. The Balaban J connectivity index is 2.37. The van der Waals surface area contributed by atoms with Gasteiger partial charge in [-0.3, -0.25) is 14.9 Å². The van der Waals surface area contributed by atoms with E-state index < -0.39 is 17.4 Å². The molecular formula is C10H15N3O3. The van der Waals surface area contributed by atoms with Gasteiger partial charge in [0.25, 0.3) is 5.91 Å². The molecule has 1 aliphatic carbocycles. The molecule has 2 rings (SSSR count). The van der Waals surface area contributed by atoms with Crippen LogP contribution in [0, 0.1) is 5.41 Å². The minimum Gasteiger partial charge on any atom is -0.275 e. The van der Waals surface area contributed by atoms with Crippen LogP contribution in [0.25, 0.3) is 0 Å². The number of hydrogen-bond donors (Lipinski definition) is 1. The molecule has 1 N–H and O–H groups in total. The average Bonchev–Trinajstić information content (AvgIpc) is 2.64. The van der Waals surface area contributed by atoms with E-state index in [1.54, 1.807) is 14.1 Å². The van der Waals surface area contributed by atoms with Gasteiger partial charge in [-0.2, -0.15) is 5.01 Å². The van der Waals surface area contributed by atoms with Crippen molar-refractivity contribution in [3.8, 4) is 0 Å². The molecule has 2 aliphatic rings. The summed E-state index contributed by atoms with van der Waals surface area (Å²) in [6.07, 6.45) is 2.79. The summed E-state index contributed by atoms with van der Waals surface area (Å²) in [4.78, 5) is 35.6. The summed E-state index contributed by atoms with van der Waals surface area (Å²) in [7, 11) is 3.21. The van der Waals surface area contributed by atoms with E-state index in [4.69, 9.17) is 0 Å². The van der Waals surface area contributed by atoms with E-state index in [1.807, 2.05) is 0 Å². The summed E-state index contributed by atoms with van der Waals surface area (Å²) in [5, 5.41) is 4.67. The predicted molar refractivity (Wildman–Crippen MR) is 55.0 cm³/mol. The average molecular weight is 225 g/mol. The highest BCUT2D eigenvalue weighted by molar-refractivity contribution is 6.18. The van der Waals surface area contributed by atoms with Crippen LogP contribution in [0.4, 0.5) is 4.79 Å². The molecule has 0 unspecified atom stereocenters. The van der Waals surface area contributed by atoms with Gasteiger partial charge < -0.3 is 0 Å². The van der Waals surface area contributed by atoms with Crippen molar-refractivity contribution < 1.29 is 14.4 Å². The van der Waals surface area contributed by atoms with Crippen molar-refractivity contribution in [1.82, 2.24) is 15.3 Å². The Kier molecular flexibility index (Phi) is 2.46. The first-order valence-corrected chi connectivity index (χ1v) is 5.36. The lowest BCUT2D eigenvalue weighted by Crippen LogP contribution is -2.66. The molecule has 16 heavy (non-hydrogen) atoms. The lowest BCUT2D eigenvalue weighted by atomic mass is 9.82. The third-order valence-electron chi connectivity index (χ3n) is 3.31. The third kappa shape index (κ3) is 1.33. The van der Waals surface area contributed by atoms with Gasteiger partial charge >= 0.3 is 6.03 Å². The fraction of sp³-hybridized carbons (Fsp3) is 0.700. The van der Waals surface area contributed by atoms with Gasteiger partial charge in [0.15, 0.2) is 0 Å². The molecule has 0 aromatic carbocycles. The number of carbonyl (C=O) groups excluding carboxylic acids is 3. The summed E-state index contributed by atoms with van der Waals surface area (Å²) < 4.78 is 0. The fourth-order valence-electron chi connectivity index (χ4n) is 2.44. The largest absolute Gasteiger partial charge is 0.345 e. The standard InChI is InChI=1S/C10H15N3O3/c1-12(2)13-8(15)10(5-3-4-6-10)7(14)11-9(13)16/h3-6H2,1-2H3,(H,11,14,16). The van der Waals surface area contributed by atoms with Crippen LogP contribution >= 0.6 is 0 Å². The maximum atomic E-state index is 12.2. The van der Waals surface area contributed by atoms with E-state index in [9.17, 15) is 14.4 Å². The van der Waals surface area contributed by atoms with E-state index in [-0.39, 0.29) is 5.91 Å². The molecule has 4 amide bonds. The van der Waals surface area contributed by atoms with Gasteiger partial charge in [-0.05, 0) is 12.8 Å². The van der Waals surface area contributed by atoms with Crippen LogP contribution in [0.3, 0.4) is 0 Å². The second-order valence-electron chi connectivity index (χ2n) is 4.51. The number of hydrazine groups is 1. The van der Waals surface area contributed by atoms with Crippen molar-refractivity contribution in [2.24, 2.45) is 5.41 Å². The highest BCUT2D eigenvalue weighted by atomic mass is 16.2. The van der Waals surface area contributed by atoms with Crippen LogP contribution in [0.5, 0.6) is 0 Å². The summed E-state index contributed by atoms with van der Waals surface area (Å²) in [6.45, 7) is 0. The molecule has 1 saturated heterocycles. The molecule has 88 valence electrons. The Labute approximate surface area is 93.5 Å². The summed E-state index contributed by atoms with van der Waals surface area (Å²) in [5.74, 6) is -0.818. The predicted octanol–water partition coefficient (Wildman–Crippen LogP) is 0.102. The minimum atomic E-state index is -1.00. The number of nitrogens with one attached hydrogen (secondary N) is 1. The van der Waals surface area contributed by atoms with Crippen molar-refractivity contribution in [3.05, 3.63) is 0 Å². The molecule has 1 heterocycles. The molecule has 6 heteroatoms. The molecule has 0 bridgehead atoms. The Bertz CT molecular complexity index is 358. The number of nitrogens with zero attached hydrogens (tertiary/aromatic N) is 2. The number of hydrogen-bond acceptors (Lipinski definition) is 4. The van der Waals surface area contributed by atoms with Gasteiger partial charge in [-0.25, -0.2) is 9.80 Å². The van der Waals surface area contributed by atoms with Crippen LogP contribution in [0.2, 0.25) is 0 Å². The number of imide groups is 2. The zero-order valence-electron chi connectivity index (χ0n) is 9.45. The smallest absolute Gasteiger partial charge is 0.275 e. The molecule has 2 fully saturated rings. The zero-order valence-corrected chi connectivity index (χ0v) is 9.45. The fourth-order valence-corrected chi connectivity index (χ4v) is 2.44. The second-order valence-corrected chi connectivity index (χ2v) is 4.51.